The van der Waals surface area contributed by atoms with Crippen LogP contribution < -0.4 is 0 Å². The molecule has 0 heterocycles. The summed E-state index contributed by atoms with van der Waals surface area (Å²) in [6.07, 6.45) is 4.01. The molecular formula is C14H18O2S. The van der Waals surface area contributed by atoms with E-state index >= 15 is 0 Å². The molecule has 0 aromatic heterocycles. The van der Waals surface area contributed by atoms with Crippen molar-refractivity contribution < 1.29 is 8.42 Å². The van der Waals surface area contributed by atoms with Gasteiger partial charge in [-0.05, 0) is 31.4 Å². The summed E-state index contributed by atoms with van der Waals surface area (Å²) in [5.41, 5.74) is 0.960. The van der Waals surface area contributed by atoms with Gasteiger partial charge >= 0.3 is 0 Å². The Bertz CT molecular complexity index is 472. The molecule has 0 spiro atoms. The fourth-order valence-electron chi connectivity index (χ4n) is 1.49. The minimum Gasteiger partial charge on any atom is -0.224 e. The molecule has 1 aromatic carbocycles. The second-order valence-electron chi connectivity index (χ2n) is 3.95. The van der Waals surface area contributed by atoms with Crippen molar-refractivity contribution in [1.82, 2.24) is 0 Å². The molecule has 0 fully saturated rings. The van der Waals surface area contributed by atoms with Crippen molar-refractivity contribution in [1.29, 1.82) is 0 Å². The number of hydrogen-bond donors (Lipinski definition) is 0. The molecular weight excluding hydrogens is 232 g/mol. The topological polar surface area (TPSA) is 34.1 Å². The number of rotatable bonds is 7. The monoisotopic (exact) mass is 250 g/mol. The van der Waals surface area contributed by atoms with Crippen molar-refractivity contribution in [2.75, 3.05) is 5.75 Å². The van der Waals surface area contributed by atoms with Crippen LogP contribution >= 0.6 is 0 Å². The molecule has 3 heteroatoms. The predicted molar refractivity (Wildman–Crippen MR) is 71.7 cm³/mol. The number of hydrogen-bond acceptors (Lipinski definition) is 2. The maximum atomic E-state index is 11.9. The number of allylic oxidation sites excluding steroid dienone is 2. The Morgan fingerprint density at radius 3 is 2.41 bits per heavy atom. The molecule has 0 amide bonds. The van der Waals surface area contributed by atoms with Gasteiger partial charge in [0.25, 0.3) is 0 Å². The van der Waals surface area contributed by atoms with Gasteiger partial charge in [0.2, 0.25) is 0 Å². The number of sulfone groups is 1. The molecule has 1 aromatic rings. The maximum absolute atomic E-state index is 11.9. The molecule has 0 atom stereocenters. The van der Waals surface area contributed by atoms with E-state index < -0.39 is 9.84 Å². The Hall–Kier alpha value is -1.35. The average molecular weight is 250 g/mol. The molecule has 0 unspecified atom stereocenters. The van der Waals surface area contributed by atoms with Gasteiger partial charge in [0, 0.05) is 0 Å². The van der Waals surface area contributed by atoms with Gasteiger partial charge in [0.05, 0.1) is 10.6 Å². The van der Waals surface area contributed by atoms with Crippen LogP contribution in [0.15, 0.2) is 60.0 Å². The van der Waals surface area contributed by atoms with E-state index in [1.54, 1.807) is 30.3 Å². The largest absolute Gasteiger partial charge is 0.224 e. The zero-order valence-electron chi connectivity index (χ0n) is 9.93. The van der Waals surface area contributed by atoms with Crippen LogP contribution in [0, 0.1) is 0 Å². The molecule has 0 saturated carbocycles. The average Bonchev–Trinajstić information content (AvgIpc) is 2.35. The van der Waals surface area contributed by atoms with Gasteiger partial charge in [-0.25, -0.2) is 8.42 Å². The van der Waals surface area contributed by atoms with Crippen LogP contribution in [0.2, 0.25) is 0 Å². The molecule has 0 aliphatic rings. The Morgan fingerprint density at radius 2 is 1.82 bits per heavy atom. The molecule has 92 valence electrons. The first-order valence-electron chi connectivity index (χ1n) is 5.64. The van der Waals surface area contributed by atoms with Gasteiger partial charge < -0.3 is 0 Å². The van der Waals surface area contributed by atoms with Gasteiger partial charge in [0.15, 0.2) is 9.84 Å². The van der Waals surface area contributed by atoms with E-state index in [-0.39, 0.29) is 5.75 Å². The van der Waals surface area contributed by atoms with Crippen LogP contribution in [0.5, 0.6) is 0 Å². The summed E-state index contributed by atoms with van der Waals surface area (Å²) in [6.45, 7) is 7.42. The molecule has 17 heavy (non-hydrogen) atoms. The van der Waals surface area contributed by atoms with Gasteiger partial charge in [-0.1, -0.05) is 43.0 Å². The lowest BCUT2D eigenvalue weighted by Crippen LogP contribution is -2.06. The van der Waals surface area contributed by atoms with Crippen molar-refractivity contribution in [2.45, 2.75) is 24.2 Å². The number of benzene rings is 1. The van der Waals surface area contributed by atoms with E-state index in [2.05, 4.69) is 13.2 Å². The summed E-state index contributed by atoms with van der Waals surface area (Å²) >= 11 is 0. The smallest absolute Gasteiger partial charge is 0.178 e. The van der Waals surface area contributed by atoms with Gasteiger partial charge in [-0.2, -0.15) is 0 Å². The first kappa shape index (κ1) is 13.7. The first-order valence-corrected chi connectivity index (χ1v) is 7.29. The molecule has 1 rings (SSSR count). The molecule has 0 bridgehead atoms. The lowest BCUT2D eigenvalue weighted by molar-refractivity contribution is 0.591. The molecule has 2 nitrogen and oxygen atoms in total. The van der Waals surface area contributed by atoms with E-state index in [0.29, 0.717) is 11.3 Å². The van der Waals surface area contributed by atoms with E-state index in [1.165, 1.54) is 0 Å². The van der Waals surface area contributed by atoms with Gasteiger partial charge in [0.1, 0.15) is 0 Å². The highest BCUT2D eigenvalue weighted by Crippen LogP contribution is 2.13. The normalized spacial score (nSPS) is 11.1. The Labute approximate surface area is 104 Å². The van der Waals surface area contributed by atoms with Crippen LogP contribution in [0.25, 0.3) is 0 Å². The summed E-state index contributed by atoms with van der Waals surface area (Å²) in [4.78, 5) is 0.405. The second-order valence-corrected chi connectivity index (χ2v) is 6.06. The fraction of sp³-hybridized carbons (Fsp3) is 0.286. The highest BCUT2D eigenvalue weighted by Gasteiger charge is 2.12. The quantitative estimate of drug-likeness (QED) is 0.549. The van der Waals surface area contributed by atoms with Crippen molar-refractivity contribution >= 4 is 9.84 Å². The standard InChI is InChI=1S/C14H18O2S/c1-3-13(2)9-7-8-12-17(15,16)14-10-5-4-6-11-14/h3-6,10-11H,1-2,7-9,12H2. The Morgan fingerprint density at radius 1 is 1.18 bits per heavy atom. The van der Waals surface area contributed by atoms with Crippen LogP contribution in [-0.2, 0) is 9.84 Å². The van der Waals surface area contributed by atoms with Gasteiger partial charge in [-0.3, -0.25) is 0 Å². The first-order chi connectivity index (χ1) is 8.06. The minimum absolute atomic E-state index is 0.196. The third-order valence-electron chi connectivity index (χ3n) is 2.55. The summed E-state index contributed by atoms with van der Waals surface area (Å²) in [5.74, 6) is 0.196. The van der Waals surface area contributed by atoms with Gasteiger partial charge in [-0.15, -0.1) is 0 Å². The third kappa shape index (κ3) is 4.57. The van der Waals surface area contributed by atoms with Crippen LogP contribution in [0.1, 0.15) is 19.3 Å². The predicted octanol–water partition coefficient (Wildman–Crippen LogP) is 3.37. The summed E-state index contributed by atoms with van der Waals surface area (Å²) in [5, 5.41) is 0. The molecule has 0 aliphatic heterocycles. The lowest BCUT2D eigenvalue weighted by Gasteiger charge is -2.04. The van der Waals surface area contributed by atoms with E-state index in [4.69, 9.17) is 0 Å². The fourth-order valence-corrected chi connectivity index (χ4v) is 2.88. The third-order valence-corrected chi connectivity index (χ3v) is 4.37. The van der Waals surface area contributed by atoms with E-state index in [9.17, 15) is 8.42 Å². The van der Waals surface area contributed by atoms with Crippen molar-refractivity contribution in [3.8, 4) is 0 Å². The molecule has 0 aliphatic carbocycles. The van der Waals surface area contributed by atoms with E-state index in [1.807, 2.05) is 6.07 Å². The Balaban J connectivity index is 2.46. The van der Waals surface area contributed by atoms with Crippen LogP contribution in [-0.4, -0.2) is 14.2 Å². The zero-order valence-corrected chi connectivity index (χ0v) is 10.7. The van der Waals surface area contributed by atoms with Crippen molar-refractivity contribution in [3.63, 3.8) is 0 Å². The van der Waals surface area contributed by atoms with Crippen molar-refractivity contribution in [2.24, 2.45) is 0 Å². The minimum atomic E-state index is -3.12. The highest BCUT2D eigenvalue weighted by atomic mass is 32.2. The van der Waals surface area contributed by atoms with Crippen LogP contribution in [0.3, 0.4) is 0 Å². The lowest BCUT2D eigenvalue weighted by atomic mass is 10.1. The second kappa shape index (κ2) is 6.40. The zero-order chi connectivity index (χ0) is 12.7. The van der Waals surface area contributed by atoms with E-state index in [0.717, 1.165) is 18.4 Å². The highest BCUT2D eigenvalue weighted by molar-refractivity contribution is 7.91. The molecule has 0 saturated heterocycles. The number of unbranched alkanes of at least 4 members (excludes halogenated alkanes) is 1. The Kier molecular flexibility index (Phi) is 5.16. The summed E-state index contributed by atoms with van der Waals surface area (Å²) < 4.78 is 23.8. The molecule has 0 N–H and O–H groups in total. The van der Waals surface area contributed by atoms with Crippen LogP contribution in [0.4, 0.5) is 0 Å². The summed E-state index contributed by atoms with van der Waals surface area (Å²) in [7, 11) is -3.12. The SMILES string of the molecule is C=CC(=C)CCCCS(=O)(=O)c1ccccc1. The van der Waals surface area contributed by atoms with Crippen molar-refractivity contribution in [3.05, 3.63) is 55.1 Å². The summed E-state index contributed by atoms with van der Waals surface area (Å²) in [6, 6.07) is 8.57. The molecule has 0 radical (unpaired) electrons. The maximum Gasteiger partial charge on any atom is 0.178 e.